The van der Waals surface area contributed by atoms with Crippen LogP contribution in [0.2, 0.25) is 5.02 Å². The Hall–Kier alpha value is -1.00. The lowest BCUT2D eigenvalue weighted by Crippen LogP contribution is -1.91. The summed E-state index contributed by atoms with van der Waals surface area (Å²) in [5, 5.41) is 9.52. The van der Waals surface area contributed by atoms with Gasteiger partial charge in [0, 0.05) is 5.02 Å². The van der Waals surface area contributed by atoms with Crippen LogP contribution in [0.1, 0.15) is 24.0 Å². The van der Waals surface area contributed by atoms with Gasteiger partial charge in [0.1, 0.15) is 0 Å². The fourth-order valence-electron chi connectivity index (χ4n) is 1.46. The average Bonchev–Trinajstić information content (AvgIpc) is 2.92. The molecule has 0 spiro atoms. The largest absolute Gasteiger partial charge is 0.192 e. The number of halogens is 1. The van der Waals surface area contributed by atoms with Gasteiger partial charge < -0.3 is 0 Å². The van der Waals surface area contributed by atoms with Crippen LogP contribution in [0.5, 0.6) is 0 Å². The van der Waals surface area contributed by atoms with Gasteiger partial charge in [0.15, 0.2) is 0 Å². The highest BCUT2D eigenvalue weighted by molar-refractivity contribution is 6.30. The first-order valence-corrected chi connectivity index (χ1v) is 4.86. The molecule has 0 unspecified atom stereocenters. The Bertz CT molecular complexity index is 361. The average molecular weight is 192 g/mol. The van der Waals surface area contributed by atoms with E-state index in [0.717, 1.165) is 23.5 Å². The predicted octanol–water partition coefficient (Wildman–Crippen LogP) is 3.16. The Morgan fingerprint density at radius 3 is 2.85 bits per heavy atom. The van der Waals surface area contributed by atoms with Crippen molar-refractivity contribution in [2.24, 2.45) is 5.92 Å². The smallest absolute Gasteiger partial charge is 0.0995 e. The molecule has 0 N–H and O–H groups in total. The fourth-order valence-corrected chi connectivity index (χ4v) is 1.64. The van der Waals surface area contributed by atoms with Crippen LogP contribution in [0.25, 0.3) is 0 Å². The lowest BCUT2D eigenvalue weighted by Gasteiger charge is -2.02. The lowest BCUT2D eigenvalue weighted by atomic mass is 10.0. The van der Waals surface area contributed by atoms with Crippen LogP contribution in [-0.2, 0) is 6.42 Å². The normalized spacial score (nSPS) is 15.4. The molecule has 1 nitrogen and oxygen atoms in total. The van der Waals surface area contributed by atoms with E-state index in [0.29, 0.717) is 5.02 Å². The topological polar surface area (TPSA) is 23.8 Å². The van der Waals surface area contributed by atoms with Crippen molar-refractivity contribution in [3.05, 3.63) is 34.3 Å². The summed E-state index contributed by atoms with van der Waals surface area (Å²) in [5.41, 5.74) is 1.88. The van der Waals surface area contributed by atoms with Crippen molar-refractivity contribution in [1.82, 2.24) is 0 Å². The van der Waals surface area contributed by atoms with Crippen LogP contribution in [0, 0.1) is 17.2 Å². The van der Waals surface area contributed by atoms with Gasteiger partial charge in [-0.1, -0.05) is 17.7 Å². The second-order valence-corrected chi connectivity index (χ2v) is 4.00. The summed E-state index contributed by atoms with van der Waals surface area (Å²) in [6.45, 7) is 0. The molecule has 1 aliphatic carbocycles. The molecule has 2 heteroatoms. The summed E-state index contributed by atoms with van der Waals surface area (Å²) < 4.78 is 0. The molecule has 0 aliphatic heterocycles. The number of hydrogen-bond acceptors (Lipinski definition) is 1. The van der Waals surface area contributed by atoms with Crippen molar-refractivity contribution >= 4 is 11.6 Å². The minimum Gasteiger partial charge on any atom is -0.192 e. The van der Waals surface area contributed by atoms with Gasteiger partial charge in [0.05, 0.1) is 11.6 Å². The number of hydrogen-bond donors (Lipinski definition) is 0. The molecule has 1 aromatic carbocycles. The zero-order chi connectivity index (χ0) is 9.26. The second kappa shape index (κ2) is 3.40. The van der Waals surface area contributed by atoms with E-state index in [1.807, 2.05) is 12.1 Å². The third kappa shape index (κ3) is 2.02. The summed E-state index contributed by atoms with van der Waals surface area (Å²) in [5.74, 6) is 0.813. The van der Waals surface area contributed by atoms with Crippen LogP contribution < -0.4 is 0 Å². The quantitative estimate of drug-likeness (QED) is 0.705. The summed E-state index contributed by atoms with van der Waals surface area (Å²) in [4.78, 5) is 0. The van der Waals surface area contributed by atoms with Gasteiger partial charge in [-0.05, 0) is 42.9 Å². The van der Waals surface area contributed by atoms with E-state index in [-0.39, 0.29) is 0 Å². The van der Waals surface area contributed by atoms with Crippen LogP contribution in [0.4, 0.5) is 0 Å². The van der Waals surface area contributed by atoms with Crippen LogP contribution in [0.15, 0.2) is 18.2 Å². The summed E-state index contributed by atoms with van der Waals surface area (Å²) in [6, 6.07) is 7.77. The molecule has 0 bridgehead atoms. The lowest BCUT2D eigenvalue weighted by molar-refractivity contribution is 0.830. The molecule has 2 rings (SSSR count). The standard InChI is InChI=1S/C11H10ClN/c12-11-4-3-9(5-8-1-2-8)10(6-11)7-13/h3-4,6,8H,1-2,5H2. The molecular weight excluding hydrogens is 182 g/mol. The molecule has 1 aromatic rings. The minimum atomic E-state index is 0.649. The number of rotatable bonds is 2. The van der Waals surface area contributed by atoms with E-state index >= 15 is 0 Å². The van der Waals surface area contributed by atoms with Crippen molar-refractivity contribution in [2.75, 3.05) is 0 Å². The van der Waals surface area contributed by atoms with Crippen LogP contribution in [0.3, 0.4) is 0 Å². The number of nitriles is 1. The van der Waals surface area contributed by atoms with Crippen LogP contribution >= 0.6 is 11.6 Å². The Kier molecular flexibility index (Phi) is 2.24. The van der Waals surface area contributed by atoms with Gasteiger partial charge in [-0.25, -0.2) is 0 Å². The third-order valence-electron chi connectivity index (χ3n) is 2.40. The van der Waals surface area contributed by atoms with Crippen molar-refractivity contribution in [3.8, 4) is 6.07 Å². The van der Waals surface area contributed by atoms with E-state index in [1.165, 1.54) is 12.8 Å². The Morgan fingerprint density at radius 1 is 1.46 bits per heavy atom. The van der Waals surface area contributed by atoms with Gasteiger partial charge in [-0.3, -0.25) is 0 Å². The zero-order valence-corrected chi connectivity index (χ0v) is 8.01. The number of benzene rings is 1. The van der Waals surface area contributed by atoms with Crippen molar-refractivity contribution in [1.29, 1.82) is 5.26 Å². The first kappa shape index (κ1) is 8.59. The maximum Gasteiger partial charge on any atom is 0.0995 e. The highest BCUT2D eigenvalue weighted by Gasteiger charge is 2.22. The Morgan fingerprint density at radius 2 is 2.23 bits per heavy atom. The van der Waals surface area contributed by atoms with Gasteiger partial charge >= 0.3 is 0 Å². The molecule has 13 heavy (non-hydrogen) atoms. The molecule has 0 atom stereocenters. The minimum absolute atomic E-state index is 0.649. The van der Waals surface area contributed by atoms with E-state index in [4.69, 9.17) is 16.9 Å². The molecule has 1 aliphatic rings. The molecular formula is C11H10ClN. The SMILES string of the molecule is N#Cc1cc(Cl)ccc1CC1CC1. The number of nitrogens with zero attached hydrogens (tertiary/aromatic N) is 1. The van der Waals surface area contributed by atoms with Gasteiger partial charge in [0.2, 0.25) is 0 Å². The molecule has 66 valence electrons. The van der Waals surface area contributed by atoms with E-state index in [1.54, 1.807) is 6.07 Å². The monoisotopic (exact) mass is 191 g/mol. The van der Waals surface area contributed by atoms with E-state index in [9.17, 15) is 0 Å². The Labute approximate surface area is 82.9 Å². The molecule has 0 radical (unpaired) electrons. The molecule has 0 saturated heterocycles. The molecule has 0 heterocycles. The summed E-state index contributed by atoms with van der Waals surface area (Å²) in [7, 11) is 0. The zero-order valence-electron chi connectivity index (χ0n) is 7.26. The van der Waals surface area contributed by atoms with Gasteiger partial charge in [-0.15, -0.1) is 0 Å². The molecule has 1 saturated carbocycles. The summed E-state index contributed by atoms with van der Waals surface area (Å²) in [6.07, 6.45) is 3.67. The first-order valence-electron chi connectivity index (χ1n) is 4.48. The second-order valence-electron chi connectivity index (χ2n) is 3.56. The predicted molar refractivity (Wildman–Crippen MR) is 52.6 cm³/mol. The fraction of sp³-hybridized carbons (Fsp3) is 0.364. The molecule has 0 amide bonds. The van der Waals surface area contributed by atoms with E-state index in [2.05, 4.69) is 6.07 Å². The van der Waals surface area contributed by atoms with Crippen molar-refractivity contribution in [3.63, 3.8) is 0 Å². The maximum absolute atomic E-state index is 8.87. The molecule has 0 aromatic heterocycles. The molecule has 1 fully saturated rings. The van der Waals surface area contributed by atoms with Crippen molar-refractivity contribution in [2.45, 2.75) is 19.3 Å². The van der Waals surface area contributed by atoms with E-state index < -0.39 is 0 Å². The first-order chi connectivity index (χ1) is 6.29. The maximum atomic E-state index is 8.87. The summed E-state index contributed by atoms with van der Waals surface area (Å²) >= 11 is 5.80. The van der Waals surface area contributed by atoms with Crippen molar-refractivity contribution < 1.29 is 0 Å². The van der Waals surface area contributed by atoms with Crippen LogP contribution in [-0.4, -0.2) is 0 Å². The Balaban J connectivity index is 2.27. The van der Waals surface area contributed by atoms with Gasteiger partial charge in [0.25, 0.3) is 0 Å². The highest BCUT2D eigenvalue weighted by Crippen LogP contribution is 2.33. The van der Waals surface area contributed by atoms with Gasteiger partial charge in [-0.2, -0.15) is 5.26 Å². The highest BCUT2D eigenvalue weighted by atomic mass is 35.5. The third-order valence-corrected chi connectivity index (χ3v) is 2.63.